The van der Waals surface area contributed by atoms with Gasteiger partial charge < -0.3 is 10.2 Å². The number of pyridine rings is 1. The molecule has 23 heavy (non-hydrogen) atoms. The average molecular weight is 327 g/mol. The molecule has 1 fully saturated rings. The van der Waals surface area contributed by atoms with E-state index in [0.29, 0.717) is 6.54 Å². The largest absolute Gasteiger partial charge is 0.329 e. The molecule has 2 heterocycles. The summed E-state index contributed by atoms with van der Waals surface area (Å²) in [4.78, 5) is 19.1. The van der Waals surface area contributed by atoms with Crippen LogP contribution in [-0.4, -0.2) is 41.7 Å². The summed E-state index contributed by atoms with van der Waals surface area (Å²) in [5, 5.41) is 3.37. The van der Waals surface area contributed by atoms with Crippen molar-refractivity contribution in [2.75, 3.05) is 25.9 Å². The second-order valence-electron chi connectivity index (χ2n) is 5.63. The summed E-state index contributed by atoms with van der Waals surface area (Å²) >= 11 is 1.78. The minimum Gasteiger partial charge on any atom is -0.329 e. The number of hydrogen-bond donors (Lipinski definition) is 1. The molecule has 4 nitrogen and oxygen atoms in total. The monoisotopic (exact) mass is 327 g/mol. The van der Waals surface area contributed by atoms with Crippen LogP contribution in [-0.2, 0) is 5.75 Å². The van der Waals surface area contributed by atoms with E-state index >= 15 is 0 Å². The lowest BCUT2D eigenvalue weighted by Crippen LogP contribution is -2.48. The lowest BCUT2D eigenvalue weighted by atomic mass is 10.0. The number of rotatable bonds is 4. The Morgan fingerprint density at radius 1 is 1.35 bits per heavy atom. The van der Waals surface area contributed by atoms with E-state index in [-0.39, 0.29) is 11.9 Å². The molecule has 1 aromatic carbocycles. The van der Waals surface area contributed by atoms with Gasteiger partial charge in [0.25, 0.3) is 5.91 Å². The van der Waals surface area contributed by atoms with Gasteiger partial charge in [0.05, 0.1) is 6.04 Å². The highest BCUT2D eigenvalue weighted by Gasteiger charge is 2.28. The number of hydrogen-bond acceptors (Lipinski definition) is 4. The van der Waals surface area contributed by atoms with Crippen molar-refractivity contribution in [3.8, 4) is 0 Å². The molecule has 1 atom stereocenters. The quantitative estimate of drug-likeness (QED) is 0.938. The highest BCUT2D eigenvalue weighted by Crippen LogP contribution is 2.24. The molecule has 2 aromatic rings. The fraction of sp³-hybridized carbons (Fsp3) is 0.333. The van der Waals surface area contributed by atoms with E-state index in [0.717, 1.165) is 30.0 Å². The first kappa shape index (κ1) is 16.0. The van der Waals surface area contributed by atoms with Gasteiger partial charge in [0.15, 0.2) is 0 Å². The molecule has 1 amide bonds. The normalized spacial score (nSPS) is 18.0. The number of amides is 1. The van der Waals surface area contributed by atoms with Crippen molar-refractivity contribution in [2.45, 2.75) is 11.8 Å². The number of thioether (sulfide) groups is 1. The van der Waals surface area contributed by atoms with Gasteiger partial charge in [0.2, 0.25) is 0 Å². The summed E-state index contributed by atoms with van der Waals surface area (Å²) < 4.78 is 0. The van der Waals surface area contributed by atoms with Crippen molar-refractivity contribution in [3.63, 3.8) is 0 Å². The SMILES string of the molecule is CSCc1ccc(C(=O)N2CCNCC2c2cccnc2)cc1. The van der Waals surface area contributed by atoms with Crippen LogP contribution in [0.2, 0.25) is 0 Å². The van der Waals surface area contributed by atoms with Crippen molar-refractivity contribution >= 4 is 17.7 Å². The van der Waals surface area contributed by atoms with Crippen molar-refractivity contribution in [1.82, 2.24) is 15.2 Å². The number of carbonyl (C=O) groups excluding carboxylic acids is 1. The van der Waals surface area contributed by atoms with Crippen molar-refractivity contribution < 1.29 is 4.79 Å². The number of piperazine rings is 1. The van der Waals surface area contributed by atoms with Gasteiger partial charge in [0.1, 0.15) is 0 Å². The van der Waals surface area contributed by atoms with E-state index in [1.54, 1.807) is 18.0 Å². The van der Waals surface area contributed by atoms with Crippen LogP contribution >= 0.6 is 11.8 Å². The molecule has 0 bridgehead atoms. The van der Waals surface area contributed by atoms with E-state index < -0.39 is 0 Å². The molecule has 0 saturated carbocycles. The van der Waals surface area contributed by atoms with E-state index in [4.69, 9.17) is 0 Å². The third kappa shape index (κ3) is 3.74. The van der Waals surface area contributed by atoms with Crippen LogP contribution in [0.3, 0.4) is 0 Å². The molecule has 5 heteroatoms. The van der Waals surface area contributed by atoms with Gasteiger partial charge in [-0.3, -0.25) is 9.78 Å². The predicted molar refractivity (Wildman–Crippen MR) is 94.5 cm³/mol. The van der Waals surface area contributed by atoms with Crippen LogP contribution in [0.4, 0.5) is 0 Å². The molecule has 1 saturated heterocycles. The maximum Gasteiger partial charge on any atom is 0.254 e. The van der Waals surface area contributed by atoms with E-state index in [1.165, 1.54) is 5.56 Å². The molecule has 0 radical (unpaired) electrons. The van der Waals surface area contributed by atoms with Crippen molar-refractivity contribution in [3.05, 3.63) is 65.5 Å². The molecule has 3 rings (SSSR count). The zero-order valence-corrected chi connectivity index (χ0v) is 14.1. The van der Waals surface area contributed by atoms with Crippen LogP contribution in [0.25, 0.3) is 0 Å². The third-order valence-electron chi connectivity index (χ3n) is 4.09. The van der Waals surface area contributed by atoms with Crippen LogP contribution in [0.15, 0.2) is 48.8 Å². The van der Waals surface area contributed by atoms with Crippen LogP contribution in [0.1, 0.15) is 27.5 Å². The molecule has 1 unspecified atom stereocenters. The average Bonchev–Trinajstić information content (AvgIpc) is 2.63. The first-order valence-electron chi connectivity index (χ1n) is 7.79. The molecule has 1 N–H and O–H groups in total. The molecule has 120 valence electrons. The topological polar surface area (TPSA) is 45.2 Å². The molecule has 1 aliphatic rings. The maximum absolute atomic E-state index is 12.9. The Hall–Kier alpha value is -1.85. The first-order valence-corrected chi connectivity index (χ1v) is 9.18. The van der Waals surface area contributed by atoms with Gasteiger partial charge in [-0.15, -0.1) is 0 Å². The maximum atomic E-state index is 12.9. The Morgan fingerprint density at radius 2 is 2.17 bits per heavy atom. The van der Waals surface area contributed by atoms with Gasteiger partial charge >= 0.3 is 0 Å². The molecular weight excluding hydrogens is 306 g/mol. The predicted octanol–water partition coefficient (Wildman–Crippen LogP) is 2.73. The summed E-state index contributed by atoms with van der Waals surface area (Å²) in [6.07, 6.45) is 5.69. The van der Waals surface area contributed by atoms with E-state index in [2.05, 4.69) is 16.6 Å². The number of nitrogens with zero attached hydrogens (tertiary/aromatic N) is 2. The summed E-state index contributed by atoms with van der Waals surface area (Å²) in [6.45, 7) is 2.31. The smallest absolute Gasteiger partial charge is 0.254 e. The highest BCUT2D eigenvalue weighted by molar-refractivity contribution is 7.97. The van der Waals surface area contributed by atoms with Crippen LogP contribution in [0, 0.1) is 0 Å². The Labute approximate surface area is 141 Å². The number of carbonyl (C=O) groups is 1. The third-order valence-corrected chi connectivity index (χ3v) is 4.71. The molecule has 0 aliphatic carbocycles. The summed E-state index contributed by atoms with van der Waals surface area (Å²) in [7, 11) is 0. The fourth-order valence-electron chi connectivity index (χ4n) is 2.89. The van der Waals surface area contributed by atoms with Crippen molar-refractivity contribution in [2.24, 2.45) is 0 Å². The first-order chi connectivity index (χ1) is 11.3. The van der Waals surface area contributed by atoms with Gasteiger partial charge in [0, 0.05) is 43.3 Å². The fourth-order valence-corrected chi connectivity index (χ4v) is 3.42. The Balaban J connectivity index is 1.81. The zero-order valence-electron chi connectivity index (χ0n) is 13.2. The Bertz CT molecular complexity index is 645. The minimum absolute atomic E-state index is 0.0378. The highest BCUT2D eigenvalue weighted by atomic mass is 32.2. The Morgan fingerprint density at radius 3 is 2.87 bits per heavy atom. The minimum atomic E-state index is 0.0378. The number of nitrogens with one attached hydrogen (secondary N) is 1. The number of aromatic nitrogens is 1. The standard InChI is InChI=1S/C18H21N3OS/c1-23-13-14-4-6-15(7-5-14)18(22)21-10-9-20-12-17(21)16-3-2-8-19-11-16/h2-8,11,17,20H,9-10,12-13H2,1H3. The molecular formula is C18H21N3OS. The molecule has 1 aromatic heterocycles. The second kappa shape index (κ2) is 7.62. The van der Waals surface area contributed by atoms with Crippen molar-refractivity contribution in [1.29, 1.82) is 0 Å². The van der Waals surface area contributed by atoms with Crippen LogP contribution < -0.4 is 5.32 Å². The number of benzene rings is 1. The molecule has 1 aliphatic heterocycles. The summed E-state index contributed by atoms with van der Waals surface area (Å²) in [5.41, 5.74) is 3.08. The summed E-state index contributed by atoms with van der Waals surface area (Å²) in [5.74, 6) is 1.07. The van der Waals surface area contributed by atoms with E-state index in [1.807, 2.05) is 47.5 Å². The van der Waals surface area contributed by atoms with Gasteiger partial charge in [-0.1, -0.05) is 18.2 Å². The lowest BCUT2D eigenvalue weighted by molar-refractivity contribution is 0.0634. The summed E-state index contributed by atoms with van der Waals surface area (Å²) in [6, 6.07) is 12.0. The van der Waals surface area contributed by atoms with E-state index in [9.17, 15) is 4.79 Å². The molecule has 0 spiro atoms. The van der Waals surface area contributed by atoms with Gasteiger partial charge in [-0.05, 0) is 35.6 Å². The van der Waals surface area contributed by atoms with Gasteiger partial charge in [-0.25, -0.2) is 0 Å². The lowest BCUT2D eigenvalue weighted by Gasteiger charge is -2.36. The second-order valence-corrected chi connectivity index (χ2v) is 6.50. The van der Waals surface area contributed by atoms with Crippen LogP contribution in [0.5, 0.6) is 0 Å². The van der Waals surface area contributed by atoms with Gasteiger partial charge in [-0.2, -0.15) is 11.8 Å². The Kier molecular flexibility index (Phi) is 5.31. The zero-order chi connectivity index (χ0) is 16.1.